The molecule has 0 spiro atoms. The summed E-state index contributed by atoms with van der Waals surface area (Å²) in [7, 11) is 1.89. The number of anilines is 3. The first kappa shape index (κ1) is 20.6. The third-order valence-corrected chi connectivity index (χ3v) is 6.35. The van der Waals surface area contributed by atoms with Gasteiger partial charge in [0.15, 0.2) is 11.5 Å². The quantitative estimate of drug-likeness (QED) is 0.482. The van der Waals surface area contributed by atoms with Gasteiger partial charge >= 0.3 is 6.03 Å². The molecule has 9 heteroatoms. The highest BCUT2D eigenvalue weighted by molar-refractivity contribution is 5.99. The van der Waals surface area contributed by atoms with Crippen molar-refractivity contribution in [1.82, 2.24) is 19.7 Å². The number of fused-ring (bicyclic) bond motifs is 3. The summed E-state index contributed by atoms with van der Waals surface area (Å²) in [6.07, 6.45) is 4.56. The molecule has 9 nitrogen and oxygen atoms in total. The average Bonchev–Trinajstić information content (AvgIpc) is 3.40. The number of hydrogen-bond acceptors (Lipinski definition) is 6. The van der Waals surface area contributed by atoms with Crippen molar-refractivity contribution in [1.29, 1.82) is 0 Å². The zero-order valence-corrected chi connectivity index (χ0v) is 18.8. The first-order chi connectivity index (χ1) is 16.6. The van der Waals surface area contributed by atoms with Gasteiger partial charge in [-0.2, -0.15) is 5.10 Å². The standard InChI is InChI=1S/C25H25N7O2/c1-31-23-21(13-26-31)24(32-14-19-11-12-20(15-32)34-19)30-22(29-23)16-7-9-18(10-8-16)28-25(33)27-17-5-3-2-4-6-17/h2-10,13,19-20H,11-12,14-15H2,1H3,(H2,27,28,33). The summed E-state index contributed by atoms with van der Waals surface area (Å²) in [4.78, 5) is 24.4. The lowest BCUT2D eigenvalue weighted by Gasteiger charge is -2.33. The Hall–Kier alpha value is -3.98. The van der Waals surface area contributed by atoms with Crippen molar-refractivity contribution in [2.24, 2.45) is 7.05 Å². The Balaban J connectivity index is 1.26. The highest BCUT2D eigenvalue weighted by atomic mass is 16.5. The van der Waals surface area contributed by atoms with E-state index in [1.54, 1.807) is 4.68 Å². The van der Waals surface area contributed by atoms with E-state index in [1.165, 1.54) is 0 Å². The van der Waals surface area contributed by atoms with E-state index in [2.05, 4.69) is 20.6 Å². The largest absolute Gasteiger partial charge is 0.371 e. The number of aryl methyl sites for hydroxylation is 1. The molecule has 2 unspecified atom stereocenters. The van der Waals surface area contributed by atoms with Crippen LogP contribution in [-0.2, 0) is 11.8 Å². The zero-order valence-electron chi connectivity index (χ0n) is 18.8. The van der Waals surface area contributed by atoms with Crippen LogP contribution in [0.5, 0.6) is 0 Å². The third kappa shape index (κ3) is 3.94. The van der Waals surface area contributed by atoms with Crippen molar-refractivity contribution in [2.75, 3.05) is 28.6 Å². The molecule has 2 saturated heterocycles. The van der Waals surface area contributed by atoms with Crippen LogP contribution in [-0.4, -0.2) is 51.1 Å². The van der Waals surface area contributed by atoms with Gasteiger partial charge in [0.1, 0.15) is 5.82 Å². The topological polar surface area (TPSA) is 97.2 Å². The lowest BCUT2D eigenvalue weighted by atomic mass is 10.2. The zero-order chi connectivity index (χ0) is 23.1. The predicted molar refractivity (Wildman–Crippen MR) is 131 cm³/mol. The number of nitrogens with one attached hydrogen (secondary N) is 2. The van der Waals surface area contributed by atoms with Crippen LogP contribution < -0.4 is 15.5 Å². The third-order valence-electron chi connectivity index (χ3n) is 6.35. The number of amides is 2. The summed E-state index contributed by atoms with van der Waals surface area (Å²) in [5.74, 6) is 1.53. The van der Waals surface area contributed by atoms with E-state index in [-0.39, 0.29) is 18.2 Å². The SMILES string of the molecule is Cn1ncc2c(N3CC4CCC(C3)O4)nc(-c3ccc(NC(=O)Nc4ccccc4)cc3)nc21. The van der Waals surface area contributed by atoms with Crippen LogP contribution in [0.3, 0.4) is 0 Å². The fourth-order valence-corrected chi connectivity index (χ4v) is 4.68. The Morgan fingerprint density at radius 1 is 0.941 bits per heavy atom. The van der Waals surface area contributed by atoms with Gasteiger partial charge in [-0.25, -0.2) is 14.8 Å². The Labute approximate surface area is 196 Å². The van der Waals surface area contributed by atoms with Crippen molar-refractivity contribution in [3.8, 4) is 11.4 Å². The van der Waals surface area contributed by atoms with Crippen molar-refractivity contribution in [3.05, 3.63) is 60.8 Å². The number of hydrogen-bond donors (Lipinski definition) is 2. The Morgan fingerprint density at radius 3 is 2.32 bits per heavy atom. The summed E-state index contributed by atoms with van der Waals surface area (Å²) in [5.41, 5.74) is 3.08. The van der Waals surface area contributed by atoms with E-state index in [9.17, 15) is 4.79 Å². The fraction of sp³-hybridized carbons (Fsp3) is 0.280. The first-order valence-corrected chi connectivity index (χ1v) is 11.5. The van der Waals surface area contributed by atoms with Crippen molar-refractivity contribution >= 4 is 34.3 Å². The minimum atomic E-state index is -0.296. The van der Waals surface area contributed by atoms with Gasteiger partial charge in [0.2, 0.25) is 0 Å². The van der Waals surface area contributed by atoms with Gasteiger partial charge in [0.25, 0.3) is 0 Å². The number of ether oxygens (including phenoxy) is 1. The van der Waals surface area contributed by atoms with Crippen LogP contribution in [0.15, 0.2) is 60.8 Å². The number of aromatic nitrogens is 4. The van der Waals surface area contributed by atoms with Crippen LogP contribution in [0, 0.1) is 0 Å². The maximum atomic E-state index is 12.3. The molecular weight excluding hydrogens is 430 g/mol. The maximum absolute atomic E-state index is 12.3. The molecule has 2 amide bonds. The van der Waals surface area contributed by atoms with Gasteiger partial charge in [-0.1, -0.05) is 18.2 Å². The normalized spacial score (nSPS) is 19.4. The lowest BCUT2D eigenvalue weighted by Crippen LogP contribution is -2.43. The highest BCUT2D eigenvalue weighted by Gasteiger charge is 2.35. The molecule has 2 fully saturated rings. The number of benzene rings is 2. The second-order valence-corrected chi connectivity index (χ2v) is 8.76. The molecule has 4 aromatic rings. The minimum absolute atomic E-state index is 0.260. The fourth-order valence-electron chi connectivity index (χ4n) is 4.68. The number of urea groups is 1. The van der Waals surface area contributed by atoms with Gasteiger partial charge in [0.05, 0.1) is 23.8 Å². The Kier molecular flexibility index (Phi) is 5.10. The van der Waals surface area contributed by atoms with Crippen LogP contribution in [0.4, 0.5) is 22.0 Å². The van der Waals surface area contributed by atoms with Crippen LogP contribution in [0.1, 0.15) is 12.8 Å². The van der Waals surface area contributed by atoms with E-state index < -0.39 is 0 Å². The van der Waals surface area contributed by atoms with Gasteiger partial charge in [-0.15, -0.1) is 0 Å². The van der Waals surface area contributed by atoms with Crippen LogP contribution >= 0.6 is 0 Å². The van der Waals surface area contributed by atoms with E-state index in [1.807, 2.05) is 67.8 Å². The molecule has 4 heterocycles. The number of morpholine rings is 1. The molecule has 2 aromatic carbocycles. The molecule has 0 radical (unpaired) electrons. The van der Waals surface area contributed by atoms with Crippen molar-refractivity contribution in [3.63, 3.8) is 0 Å². The Bertz CT molecular complexity index is 1320. The molecule has 2 atom stereocenters. The predicted octanol–water partition coefficient (Wildman–Crippen LogP) is 4.04. The van der Waals surface area contributed by atoms with Gasteiger partial charge < -0.3 is 20.3 Å². The van der Waals surface area contributed by atoms with Crippen molar-refractivity contribution in [2.45, 2.75) is 25.0 Å². The second-order valence-electron chi connectivity index (χ2n) is 8.76. The van der Waals surface area contributed by atoms with Crippen LogP contribution in [0.25, 0.3) is 22.4 Å². The molecule has 34 heavy (non-hydrogen) atoms. The average molecular weight is 456 g/mol. The van der Waals surface area contributed by atoms with E-state index in [4.69, 9.17) is 14.7 Å². The summed E-state index contributed by atoms with van der Waals surface area (Å²) in [6.45, 7) is 1.66. The smallest absolute Gasteiger partial charge is 0.323 e. The molecule has 2 aromatic heterocycles. The molecule has 2 aliphatic heterocycles. The number of carbonyl (C=O) groups is 1. The summed E-state index contributed by atoms with van der Waals surface area (Å²) < 4.78 is 7.80. The first-order valence-electron chi connectivity index (χ1n) is 11.5. The highest BCUT2D eigenvalue weighted by Crippen LogP contribution is 2.33. The van der Waals surface area contributed by atoms with Gasteiger partial charge in [-0.05, 0) is 49.2 Å². The monoisotopic (exact) mass is 455 g/mol. The number of para-hydroxylation sites is 1. The summed E-state index contributed by atoms with van der Waals surface area (Å²) in [5, 5.41) is 11.0. The maximum Gasteiger partial charge on any atom is 0.323 e. The molecule has 0 aliphatic carbocycles. The molecule has 172 valence electrons. The summed E-state index contributed by atoms with van der Waals surface area (Å²) in [6, 6.07) is 16.6. The molecule has 2 aliphatic rings. The van der Waals surface area contributed by atoms with Gasteiger partial charge in [-0.3, -0.25) is 4.68 Å². The van der Waals surface area contributed by atoms with E-state index in [0.717, 1.165) is 54.0 Å². The number of rotatable bonds is 4. The van der Waals surface area contributed by atoms with Gasteiger partial charge in [0, 0.05) is 37.1 Å². The molecule has 2 bridgehead atoms. The van der Waals surface area contributed by atoms with E-state index >= 15 is 0 Å². The van der Waals surface area contributed by atoms with E-state index in [0.29, 0.717) is 11.5 Å². The second kappa shape index (κ2) is 8.42. The molecular formula is C25H25N7O2. The Morgan fingerprint density at radius 2 is 1.62 bits per heavy atom. The number of carbonyl (C=O) groups excluding carboxylic acids is 1. The molecule has 0 saturated carbocycles. The van der Waals surface area contributed by atoms with Crippen LogP contribution in [0.2, 0.25) is 0 Å². The molecule has 6 rings (SSSR count). The minimum Gasteiger partial charge on any atom is -0.371 e. The lowest BCUT2D eigenvalue weighted by molar-refractivity contribution is 0.0303. The summed E-state index contributed by atoms with van der Waals surface area (Å²) >= 11 is 0. The van der Waals surface area contributed by atoms with Crippen molar-refractivity contribution < 1.29 is 9.53 Å². The number of nitrogens with zero attached hydrogens (tertiary/aromatic N) is 5. The molecule has 2 N–H and O–H groups in total.